The van der Waals surface area contributed by atoms with Crippen molar-refractivity contribution in [1.29, 1.82) is 5.26 Å². The van der Waals surface area contributed by atoms with Crippen LogP contribution >= 0.6 is 11.3 Å². The number of nitro groups is 1. The summed E-state index contributed by atoms with van der Waals surface area (Å²) in [7, 11) is 0. The Labute approximate surface area is 123 Å². The lowest BCUT2D eigenvalue weighted by Gasteiger charge is -2.04. The van der Waals surface area contributed by atoms with E-state index in [9.17, 15) is 10.1 Å². The van der Waals surface area contributed by atoms with Gasteiger partial charge >= 0.3 is 0 Å². The Morgan fingerprint density at radius 1 is 1.29 bits per heavy atom. The minimum absolute atomic E-state index is 0.110. The quantitative estimate of drug-likeness (QED) is 0.586. The van der Waals surface area contributed by atoms with Crippen molar-refractivity contribution in [3.05, 3.63) is 58.1 Å². The number of benzene rings is 2. The highest BCUT2D eigenvalue weighted by molar-refractivity contribution is 7.22. The highest BCUT2D eigenvalue weighted by Gasteiger charge is 2.12. The van der Waals surface area contributed by atoms with Crippen LogP contribution in [0.1, 0.15) is 5.56 Å². The molecule has 0 atom stereocenters. The number of hydrogen-bond donors (Lipinski definition) is 1. The first-order valence-electron chi connectivity index (χ1n) is 5.98. The van der Waals surface area contributed by atoms with Gasteiger partial charge < -0.3 is 5.32 Å². The number of nitrogens with zero attached hydrogens (tertiary/aromatic N) is 3. The largest absolute Gasteiger partial charge is 0.330 e. The van der Waals surface area contributed by atoms with Crippen molar-refractivity contribution in [2.24, 2.45) is 0 Å². The minimum Gasteiger partial charge on any atom is -0.330 e. The number of thiazole rings is 1. The van der Waals surface area contributed by atoms with Crippen molar-refractivity contribution in [3.8, 4) is 6.07 Å². The standard InChI is InChI=1S/C14H8N4O2S/c15-8-9-7-10(18(19)20)5-6-11(9)16-14-17-12-3-1-2-4-13(12)21-14/h1-7H,(H,16,17). The van der Waals surface area contributed by atoms with Crippen molar-refractivity contribution in [1.82, 2.24) is 4.98 Å². The predicted molar refractivity (Wildman–Crippen MR) is 80.7 cm³/mol. The monoisotopic (exact) mass is 296 g/mol. The molecule has 1 aromatic heterocycles. The lowest BCUT2D eigenvalue weighted by molar-refractivity contribution is -0.384. The molecular formula is C14H8N4O2S. The molecule has 0 amide bonds. The average Bonchev–Trinajstić information content (AvgIpc) is 2.89. The molecule has 7 heteroatoms. The van der Waals surface area contributed by atoms with E-state index in [0.717, 1.165) is 10.2 Å². The number of aromatic nitrogens is 1. The molecule has 3 aromatic rings. The summed E-state index contributed by atoms with van der Waals surface area (Å²) >= 11 is 1.46. The molecule has 0 radical (unpaired) electrons. The Hall–Kier alpha value is -2.98. The van der Waals surface area contributed by atoms with E-state index in [0.29, 0.717) is 10.8 Å². The van der Waals surface area contributed by atoms with Gasteiger partial charge in [0.2, 0.25) is 0 Å². The normalized spacial score (nSPS) is 10.2. The fraction of sp³-hybridized carbons (Fsp3) is 0. The van der Waals surface area contributed by atoms with E-state index in [4.69, 9.17) is 5.26 Å². The number of anilines is 2. The smallest absolute Gasteiger partial charge is 0.270 e. The number of fused-ring (bicyclic) bond motifs is 1. The Morgan fingerprint density at radius 3 is 2.81 bits per heavy atom. The van der Waals surface area contributed by atoms with Crippen molar-refractivity contribution in [3.63, 3.8) is 0 Å². The summed E-state index contributed by atoms with van der Waals surface area (Å²) in [6.07, 6.45) is 0. The summed E-state index contributed by atoms with van der Waals surface area (Å²) in [5, 5.41) is 23.5. The SMILES string of the molecule is N#Cc1cc([N+](=O)[O-])ccc1Nc1nc2ccccc2s1. The fourth-order valence-corrected chi connectivity index (χ4v) is 2.77. The third-order valence-corrected chi connectivity index (χ3v) is 3.82. The molecule has 0 aliphatic rings. The molecule has 0 aliphatic carbocycles. The Kier molecular flexibility index (Phi) is 3.22. The van der Waals surface area contributed by atoms with Gasteiger partial charge in [-0.15, -0.1) is 0 Å². The second kappa shape index (κ2) is 5.19. The van der Waals surface area contributed by atoms with Gasteiger partial charge in [-0.05, 0) is 18.2 Å². The Bertz CT molecular complexity index is 849. The van der Waals surface area contributed by atoms with Gasteiger partial charge in [0.05, 0.1) is 26.4 Å². The zero-order chi connectivity index (χ0) is 14.8. The predicted octanol–water partition coefficient (Wildman–Crippen LogP) is 3.82. The van der Waals surface area contributed by atoms with E-state index in [1.807, 2.05) is 30.3 Å². The molecule has 102 valence electrons. The van der Waals surface area contributed by atoms with Gasteiger partial charge in [-0.2, -0.15) is 5.26 Å². The second-order valence-electron chi connectivity index (χ2n) is 4.21. The van der Waals surface area contributed by atoms with E-state index in [2.05, 4.69) is 10.3 Å². The van der Waals surface area contributed by atoms with E-state index < -0.39 is 4.92 Å². The molecular weight excluding hydrogens is 288 g/mol. The van der Waals surface area contributed by atoms with E-state index in [1.54, 1.807) is 0 Å². The lowest BCUT2D eigenvalue weighted by atomic mass is 10.2. The van der Waals surface area contributed by atoms with Crippen LogP contribution in [0, 0.1) is 21.4 Å². The van der Waals surface area contributed by atoms with Crippen LogP contribution in [0.4, 0.5) is 16.5 Å². The van der Waals surface area contributed by atoms with Crippen LogP contribution in [0.2, 0.25) is 0 Å². The minimum atomic E-state index is -0.525. The number of nitro benzene ring substituents is 1. The van der Waals surface area contributed by atoms with Crippen LogP contribution in [0.15, 0.2) is 42.5 Å². The van der Waals surface area contributed by atoms with Gasteiger partial charge in [-0.3, -0.25) is 10.1 Å². The van der Waals surface area contributed by atoms with Crippen molar-refractivity contribution in [2.75, 3.05) is 5.32 Å². The van der Waals surface area contributed by atoms with Crippen molar-refractivity contribution in [2.45, 2.75) is 0 Å². The molecule has 0 saturated heterocycles. The van der Waals surface area contributed by atoms with Gasteiger partial charge in [-0.1, -0.05) is 23.5 Å². The summed E-state index contributed by atoms with van der Waals surface area (Å²) < 4.78 is 1.03. The molecule has 1 N–H and O–H groups in total. The molecule has 6 nitrogen and oxygen atoms in total. The van der Waals surface area contributed by atoms with Gasteiger partial charge in [0.1, 0.15) is 6.07 Å². The van der Waals surface area contributed by atoms with E-state index in [-0.39, 0.29) is 11.3 Å². The highest BCUT2D eigenvalue weighted by atomic mass is 32.1. The maximum absolute atomic E-state index is 10.7. The van der Waals surface area contributed by atoms with Crippen molar-refractivity contribution >= 4 is 38.1 Å². The zero-order valence-corrected chi connectivity index (χ0v) is 11.4. The summed E-state index contributed by atoms with van der Waals surface area (Å²) in [6, 6.07) is 13.8. The van der Waals surface area contributed by atoms with Crippen LogP contribution in [0.3, 0.4) is 0 Å². The first-order valence-corrected chi connectivity index (χ1v) is 6.80. The highest BCUT2D eigenvalue weighted by Crippen LogP contribution is 2.30. The maximum Gasteiger partial charge on any atom is 0.270 e. The molecule has 0 bridgehead atoms. The van der Waals surface area contributed by atoms with Gasteiger partial charge in [0.25, 0.3) is 5.69 Å². The number of nitrogens with one attached hydrogen (secondary N) is 1. The van der Waals surface area contributed by atoms with E-state index >= 15 is 0 Å². The molecule has 0 aliphatic heterocycles. The molecule has 0 spiro atoms. The van der Waals surface area contributed by atoms with E-state index in [1.165, 1.54) is 29.5 Å². The molecule has 1 heterocycles. The van der Waals surface area contributed by atoms with Crippen LogP contribution in [-0.2, 0) is 0 Å². The van der Waals surface area contributed by atoms with Gasteiger partial charge in [-0.25, -0.2) is 4.98 Å². The molecule has 3 rings (SSSR count). The number of hydrogen-bond acceptors (Lipinski definition) is 6. The molecule has 0 fully saturated rings. The molecule has 21 heavy (non-hydrogen) atoms. The maximum atomic E-state index is 10.7. The third kappa shape index (κ3) is 2.52. The fourth-order valence-electron chi connectivity index (χ4n) is 1.89. The Morgan fingerprint density at radius 2 is 2.10 bits per heavy atom. The summed E-state index contributed by atoms with van der Waals surface area (Å²) in [5.41, 5.74) is 1.47. The number of non-ortho nitro benzene ring substituents is 1. The third-order valence-electron chi connectivity index (χ3n) is 2.87. The second-order valence-corrected chi connectivity index (χ2v) is 5.24. The van der Waals surface area contributed by atoms with Crippen LogP contribution in [0.25, 0.3) is 10.2 Å². The summed E-state index contributed by atoms with van der Waals surface area (Å²) in [6.45, 7) is 0. The lowest BCUT2D eigenvalue weighted by Crippen LogP contribution is -1.95. The molecule has 0 saturated carbocycles. The molecule has 2 aromatic carbocycles. The zero-order valence-electron chi connectivity index (χ0n) is 10.6. The summed E-state index contributed by atoms with van der Waals surface area (Å²) in [4.78, 5) is 14.6. The van der Waals surface area contributed by atoms with Gasteiger partial charge in [0.15, 0.2) is 5.13 Å². The van der Waals surface area contributed by atoms with Gasteiger partial charge in [0, 0.05) is 12.1 Å². The molecule has 0 unspecified atom stereocenters. The van der Waals surface area contributed by atoms with Crippen LogP contribution in [0.5, 0.6) is 0 Å². The number of nitriles is 1. The van der Waals surface area contributed by atoms with Crippen LogP contribution in [-0.4, -0.2) is 9.91 Å². The first-order chi connectivity index (χ1) is 10.2. The topological polar surface area (TPSA) is 91.8 Å². The van der Waals surface area contributed by atoms with Crippen molar-refractivity contribution < 1.29 is 4.92 Å². The van der Waals surface area contributed by atoms with Crippen LogP contribution < -0.4 is 5.32 Å². The summed E-state index contributed by atoms with van der Waals surface area (Å²) in [5.74, 6) is 0. The number of para-hydroxylation sites is 1. The number of rotatable bonds is 3. The first kappa shape index (κ1) is 13.0. The Balaban J connectivity index is 1.97. The average molecular weight is 296 g/mol.